The summed E-state index contributed by atoms with van der Waals surface area (Å²) in [4.78, 5) is 4.42. The zero-order chi connectivity index (χ0) is 13.1. The van der Waals surface area contributed by atoms with Crippen molar-refractivity contribution in [1.29, 1.82) is 0 Å². The SMILES string of the molecule is NC(COC1CCC1)c1noc(C2CCOCC2)n1. The van der Waals surface area contributed by atoms with Crippen LogP contribution >= 0.6 is 0 Å². The summed E-state index contributed by atoms with van der Waals surface area (Å²) in [6.07, 6.45) is 5.81. The van der Waals surface area contributed by atoms with Crippen molar-refractivity contribution in [2.45, 2.75) is 50.2 Å². The fraction of sp³-hybridized carbons (Fsp3) is 0.846. The third-order valence-corrected chi connectivity index (χ3v) is 3.92. The van der Waals surface area contributed by atoms with Crippen molar-refractivity contribution in [3.63, 3.8) is 0 Å². The summed E-state index contributed by atoms with van der Waals surface area (Å²) in [7, 11) is 0. The van der Waals surface area contributed by atoms with Gasteiger partial charge in [0.25, 0.3) is 0 Å². The van der Waals surface area contributed by atoms with Crippen molar-refractivity contribution in [3.8, 4) is 0 Å². The third kappa shape index (κ3) is 3.13. The van der Waals surface area contributed by atoms with E-state index in [1.807, 2.05) is 0 Å². The topological polar surface area (TPSA) is 83.4 Å². The molecule has 1 aliphatic carbocycles. The van der Waals surface area contributed by atoms with Crippen LogP contribution in [-0.2, 0) is 9.47 Å². The monoisotopic (exact) mass is 267 g/mol. The van der Waals surface area contributed by atoms with Gasteiger partial charge in [-0.2, -0.15) is 4.98 Å². The molecule has 0 spiro atoms. The van der Waals surface area contributed by atoms with Gasteiger partial charge in [-0.25, -0.2) is 0 Å². The molecule has 1 unspecified atom stereocenters. The minimum absolute atomic E-state index is 0.294. The van der Waals surface area contributed by atoms with Gasteiger partial charge in [-0.15, -0.1) is 0 Å². The van der Waals surface area contributed by atoms with Gasteiger partial charge in [0, 0.05) is 19.1 Å². The van der Waals surface area contributed by atoms with Crippen LogP contribution in [0.5, 0.6) is 0 Å². The Kier molecular flexibility index (Phi) is 4.10. The Morgan fingerprint density at radius 1 is 1.26 bits per heavy atom. The van der Waals surface area contributed by atoms with Crippen LogP contribution < -0.4 is 5.73 Å². The zero-order valence-corrected chi connectivity index (χ0v) is 11.1. The first-order valence-electron chi connectivity index (χ1n) is 7.11. The number of hydrogen-bond donors (Lipinski definition) is 1. The van der Waals surface area contributed by atoms with Crippen molar-refractivity contribution in [2.75, 3.05) is 19.8 Å². The third-order valence-electron chi connectivity index (χ3n) is 3.92. The average molecular weight is 267 g/mol. The van der Waals surface area contributed by atoms with E-state index in [0.29, 0.717) is 30.3 Å². The molecule has 106 valence electrons. The number of ether oxygens (including phenoxy) is 2. The lowest BCUT2D eigenvalue weighted by Crippen LogP contribution is -2.27. The molecule has 1 aliphatic heterocycles. The van der Waals surface area contributed by atoms with Crippen molar-refractivity contribution < 1.29 is 14.0 Å². The highest BCUT2D eigenvalue weighted by molar-refractivity contribution is 4.98. The van der Waals surface area contributed by atoms with Crippen LogP contribution in [-0.4, -0.2) is 36.1 Å². The fourth-order valence-corrected chi connectivity index (χ4v) is 2.36. The van der Waals surface area contributed by atoms with Crippen LogP contribution in [0.4, 0.5) is 0 Å². The van der Waals surface area contributed by atoms with Gasteiger partial charge >= 0.3 is 0 Å². The van der Waals surface area contributed by atoms with Crippen LogP contribution in [0.1, 0.15) is 55.8 Å². The van der Waals surface area contributed by atoms with Gasteiger partial charge in [0.2, 0.25) is 5.89 Å². The Bertz CT molecular complexity index is 400. The molecule has 2 N–H and O–H groups in total. The van der Waals surface area contributed by atoms with Crippen molar-refractivity contribution in [1.82, 2.24) is 10.1 Å². The molecule has 0 amide bonds. The number of hydrogen-bond acceptors (Lipinski definition) is 6. The van der Waals surface area contributed by atoms with Crippen LogP contribution in [0.15, 0.2) is 4.52 Å². The second kappa shape index (κ2) is 5.98. The summed E-state index contributed by atoms with van der Waals surface area (Å²) >= 11 is 0. The first-order chi connectivity index (χ1) is 9.33. The van der Waals surface area contributed by atoms with E-state index in [0.717, 1.165) is 38.9 Å². The van der Waals surface area contributed by atoms with Crippen LogP contribution in [0.25, 0.3) is 0 Å². The Labute approximate surface area is 112 Å². The molecule has 19 heavy (non-hydrogen) atoms. The molecule has 0 aromatic carbocycles. The normalized spacial score (nSPS) is 23.2. The summed E-state index contributed by atoms with van der Waals surface area (Å²) in [6.45, 7) is 2.00. The first kappa shape index (κ1) is 13.0. The number of nitrogens with two attached hydrogens (primary N) is 1. The summed E-state index contributed by atoms with van der Waals surface area (Å²) in [5.74, 6) is 1.56. The van der Waals surface area contributed by atoms with Gasteiger partial charge < -0.3 is 19.7 Å². The summed E-state index contributed by atoms with van der Waals surface area (Å²) in [5.41, 5.74) is 6.03. The van der Waals surface area contributed by atoms with Crippen LogP contribution in [0, 0.1) is 0 Å². The Morgan fingerprint density at radius 3 is 2.74 bits per heavy atom. The largest absolute Gasteiger partial charge is 0.381 e. The minimum Gasteiger partial charge on any atom is -0.381 e. The maximum Gasteiger partial charge on any atom is 0.229 e. The van der Waals surface area contributed by atoms with Gasteiger partial charge in [-0.05, 0) is 32.1 Å². The van der Waals surface area contributed by atoms with E-state index in [-0.39, 0.29) is 6.04 Å². The standard InChI is InChI=1S/C13H21N3O3/c14-11(8-18-10-2-1-3-10)12-15-13(19-16-12)9-4-6-17-7-5-9/h9-11H,1-8,14H2. The van der Waals surface area contributed by atoms with Gasteiger partial charge in [0.05, 0.1) is 18.8 Å². The van der Waals surface area contributed by atoms with Crippen LogP contribution in [0.3, 0.4) is 0 Å². The van der Waals surface area contributed by atoms with Gasteiger partial charge in [0.1, 0.15) is 0 Å². The molecule has 1 saturated carbocycles. The van der Waals surface area contributed by atoms with Crippen molar-refractivity contribution >= 4 is 0 Å². The van der Waals surface area contributed by atoms with Gasteiger partial charge in [-0.3, -0.25) is 0 Å². The molecule has 2 aliphatic rings. The highest BCUT2D eigenvalue weighted by Gasteiger charge is 2.25. The molecule has 6 nitrogen and oxygen atoms in total. The maximum atomic E-state index is 6.03. The minimum atomic E-state index is -0.294. The number of rotatable bonds is 5. The fourth-order valence-electron chi connectivity index (χ4n) is 2.36. The van der Waals surface area contributed by atoms with E-state index in [1.165, 1.54) is 6.42 Å². The maximum absolute atomic E-state index is 6.03. The first-order valence-corrected chi connectivity index (χ1v) is 7.11. The lowest BCUT2D eigenvalue weighted by Gasteiger charge is -2.26. The molecular formula is C13H21N3O3. The quantitative estimate of drug-likeness (QED) is 0.871. The number of nitrogens with zero attached hydrogens (tertiary/aromatic N) is 2. The van der Waals surface area contributed by atoms with Crippen molar-refractivity contribution in [2.24, 2.45) is 5.73 Å². The highest BCUT2D eigenvalue weighted by Crippen LogP contribution is 2.26. The Balaban J connectivity index is 1.53. The zero-order valence-electron chi connectivity index (χ0n) is 11.1. The van der Waals surface area contributed by atoms with Gasteiger partial charge in [-0.1, -0.05) is 5.16 Å². The van der Waals surface area contributed by atoms with E-state index < -0.39 is 0 Å². The van der Waals surface area contributed by atoms with E-state index in [1.54, 1.807) is 0 Å². The van der Waals surface area contributed by atoms with Crippen molar-refractivity contribution in [3.05, 3.63) is 11.7 Å². The molecule has 1 aromatic heterocycles. The summed E-state index contributed by atoms with van der Waals surface area (Å²) in [5, 5.41) is 3.98. The summed E-state index contributed by atoms with van der Waals surface area (Å²) in [6, 6.07) is -0.294. The van der Waals surface area contributed by atoms with Crippen LogP contribution in [0.2, 0.25) is 0 Å². The molecule has 2 heterocycles. The predicted octanol–water partition coefficient (Wildman–Crippen LogP) is 1.53. The number of aromatic nitrogens is 2. The molecule has 2 fully saturated rings. The molecular weight excluding hydrogens is 246 g/mol. The molecule has 6 heteroatoms. The second-order valence-corrected chi connectivity index (χ2v) is 5.37. The Hall–Kier alpha value is -0.980. The molecule has 1 saturated heterocycles. The smallest absolute Gasteiger partial charge is 0.229 e. The van der Waals surface area contributed by atoms with Gasteiger partial charge in [0.15, 0.2) is 5.82 Å². The van der Waals surface area contributed by atoms with E-state index in [2.05, 4.69) is 10.1 Å². The molecule has 3 rings (SSSR count). The molecule has 1 atom stereocenters. The predicted molar refractivity (Wildman–Crippen MR) is 67.6 cm³/mol. The van der Waals surface area contributed by atoms with E-state index in [4.69, 9.17) is 19.7 Å². The molecule has 0 radical (unpaired) electrons. The second-order valence-electron chi connectivity index (χ2n) is 5.37. The molecule has 0 bridgehead atoms. The summed E-state index contributed by atoms with van der Waals surface area (Å²) < 4.78 is 16.3. The lowest BCUT2D eigenvalue weighted by atomic mass is 9.96. The Morgan fingerprint density at radius 2 is 2.05 bits per heavy atom. The van der Waals surface area contributed by atoms with E-state index >= 15 is 0 Å². The molecule has 1 aromatic rings. The average Bonchev–Trinajstić information content (AvgIpc) is 2.87. The van der Waals surface area contributed by atoms with E-state index in [9.17, 15) is 0 Å². The lowest BCUT2D eigenvalue weighted by molar-refractivity contribution is -0.00549. The highest BCUT2D eigenvalue weighted by atomic mass is 16.5.